The molecule has 1 aliphatic rings. The number of nitrogens with zero attached hydrogens (tertiary/aromatic N) is 1. The monoisotopic (exact) mass is 367 g/mol. The Bertz CT molecular complexity index is 561. The highest BCUT2D eigenvalue weighted by Crippen LogP contribution is 2.24. The fourth-order valence-electron chi connectivity index (χ4n) is 2.58. The van der Waals surface area contributed by atoms with E-state index in [1.54, 1.807) is 0 Å². The van der Waals surface area contributed by atoms with E-state index < -0.39 is 11.0 Å². The first kappa shape index (κ1) is 20.2. The van der Waals surface area contributed by atoms with Crippen LogP contribution >= 0.6 is 0 Å². The smallest absolute Gasteiger partial charge is 0.122 e. The molecule has 0 aliphatic carbocycles. The molecule has 0 bridgehead atoms. The molecule has 0 saturated carbocycles. The lowest BCUT2D eigenvalue weighted by molar-refractivity contribution is 0.0809. The molecule has 1 aromatic rings. The van der Waals surface area contributed by atoms with E-state index in [0.717, 1.165) is 50.6 Å². The second kappa shape index (κ2) is 8.52. The van der Waals surface area contributed by atoms with Crippen molar-refractivity contribution in [2.45, 2.75) is 51.4 Å². The Morgan fingerprint density at radius 2 is 1.72 bits per heavy atom. The summed E-state index contributed by atoms with van der Waals surface area (Å²) in [6.45, 7) is 15.6. The van der Waals surface area contributed by atoms with E-state index in [9.17, 15) is 4.21 Å². The standard InChI is InChI=1S/C19H33N3O2S/c1-18(2,3)25(23)21-16-6-8-17(9-7-16)24-19(4,5)10-13-22-14-11-20-12-15-22/h6-9,20-21H,10-15H2,1-5H3. The van der Waals surface area contributed by atoms with Gasteiger partial charge in [-0.1, -0.05) is 0 Å². The van der Waals surface area contributed by atoms with Crippen LogP contribution in [-0.4, -0.2) is 52.2 Å². The maximum atomic E-state index is 12.1. The van der Waals surface area contributed by atoms with E-state index in [-0.39, 0.29) is 10.3 Å². The summed E-state index contributed by atoms with van der Waals surface area (Å²) in [7, 11) is -1.12. The molecule has 1 fully saturated rings. The third-order valence-electron chi connectivity index (χ3n) is 4.25. The Kier molecular flexibility index (Phi) is 6.88. The number of hydrogen-bond acceptors (Lipinski definition) is 4. The van der Waals surface area contributed by atoms with Gasteiger partial charge in [0.2, 0.25) is 0 Å². The van der Waals surface area contributed by atoms with Gasteiger partial charge in [-0.15, -0.1) is 0 Å². The van der Waals surface area contributed by atoms with Crippen molar-refractivity contribution in [3.05, 3.63) is 24.3 Å². The quantitative estimate of drug-likeness (QED) is 0.778. The van der Waals surface area contributed by atoms with Gasteiger partial charge in [0.05, 0.1) is 4.75 Å². The van der Waals surface area contributed by atoms with E-state index in [1.165, 1.54) is 0 Å². The second-order valence-electron chi connectivity index (χ2n) is 8.21. The van der Waals surface area contributed by atoms with Gasteiger partial charge in [-0.3, -0.25) is 0 Å². The highest BCUT2D eigenvalue weighted by atomic mass is 32.2. The molecule has 1 unspecified atom stereocenters. The number of ether oxygens (including phenoxy) is 1. The summed E-state index contributed by atoms with van der Waals surface area (Å²) in [4.78, 5) is 2.48. The zero-order valence-corrected chi connectivity index (χ0v) is 17.0. The molecular formula is C19H33N3O2S. The Hall–Kier alpha value is -1.11. The van der Waals surface area contributed by atoms with Crippen molar-refractivity contribution in [3.63, 3.8) is 0 Å². The van der Waals surface area contributed by atoms with E-state index in [0.29, 0.717) is 0 Å². The minimum absolute atomic E-state index is 0.214. The summed E-state index contributed by atoms with van der Waals surface area (Å²) >= 11 is 0. The van der Waals surface area contributed by atoms with Gasteiger partial charge in [0.15, 0.2) is 0 Å². The third kappa shape index (κ3) is 6.96. The van der Waals surface area contributed by atoms with Gasteiger partial charge < -0.3 is 19.7 Å². The lowest BCUT2D eigenvalue weighted by Crippen LogP contribution is -2.45. The van der Waals surface area contributed by atoms with Gasteiger partial charge in [-0.2, -0.15) is 0 Å². The maximum Gasteiger partial charge on any atom is 0.122 e. The number of hydrogen-bond donors (Lipinski definition) is 2. The first-order valence-electron chi connectivity index (χ1n) is 9.06. The van der Waals surface area contributed by atoms with Crippen LogP contribution in [0.2, 0.25) is 0 Å². The molecule has 1 saturated heterocycles. The Morgan fingerprint density at radius 3 is 2.28 bits per heavy atom. The third-order valence-corrected chi connectivity index (χ3v) is 5.79. The van der Waals surface area contributed by atoms with Crippen LogP contribution in [0.3, 0.4) is 0 Å². The average Bonchev–Trinajstić information content (AvgIpc) is 2.55. The SMILES string of the molecule is CC(C)(CCN1CCNCC1)Oc1ccc(NS(=O)C(C)(C)C)cc1. The minimum atomic E-state index is -1.12. The van der Waals surface area contributed by atoms with E-state index in [1.807, 2.05) is 45.0 Å². The summed E-state index contributed by atoms with van der Waals surface area (Å²) in [6, 6.07) is 7.72. The molecule has 25 heavy (non-hydrogen) atoms. The molecule has 0 amide bonds. The highest BCUT2D eigenvalue weighted by Gasteiger charge is 2.22. The van der Waals surface area contributed by atoms with Crippen LogP contribution < -0.4 is 14.8 Å². The van der Waals surface area contributed by atoms with Crippen molar-refractivity contribution in [3.8, 4) is 5.75 Å². The van der Waals surface area contributed by atoms with Crippen molar-refractivity contribution in [2.75, 3.05) is 37.4 Å². The summed E-state index contributed by atoms with van der Waals surface area (Å²) < 4.78 is 21.1. The molecule has 142 valence electrons. The fourth-order valence-corrected chi connectivity index (χ4v) is 3.24. The number of nitrogens with one attached hydrogen (secondary N) is 2. The summed E-state index contributed by atoms with van der Waals surface area (Å²) in [5.41, 5.74) is 0.632. The Balaban J connectivity index is 1.85. The molecule has 6 heteroatoms. The Labute approximate surface area is 155 Å². The fraction of sp³-hybridized carbons (Fsp3) is 0.684. The summed E-state index contributed by atoms with van der Waals surface area (Å²) in [5, 5.41) is 3.38. The molecule has 1 atom stereocenters. The van der Waals surface area contributed by atoms with E-state index in [2.05, 4.69) is 28.8 Å². The normalized spacial score (nSPS) is 18.0. The number of anilines is 1. The molecule has 0 radical (unpaired) electrons. The topological polar surface area (TPSA) is 53.6 Å². The zero-order valence-electron chi connectivity index (χ0n) is 16.2. The van der Waals surface area contributed by atoms with Crippen molar-refractivity contribution >= 4 is 16.7 Å². The second-order valence-corrected chi connectivity index (χ2v) is 10.2. The molecule has 1 aromatic carbocycles. The summed E-state index contributed by atoms with van der Waals surface area (Å²) in [6.07, 6.45) is 0.987. The van der Waals surface area contributed by atoms with Crippen LogP contribution in [0, 0.1) is 0 Å². The number of benzene rings is 1. The predicted octanol–water partition coefficient (Wildman–Crippen LogP) is 3.01. The van der Waals surface area contributed by atoms with Crippen LogP contribution in [0.4, 0.5) is 5.69 Å². The first-order valence-corrected chi connectivity index (χ1v) is 10.2. The van der Waals surface area contributed by atoms with Crippen LogP contribution in [0.5, 0.6) is 5.75 Å². The van der Waals surface area contributed by atoms with Crippen molar-refractivity contribution < 1.29 is 8.95 Å². The molecule has 5 nitrogen and oxygen atoms in total. The number of rotatable bonds is 7. The van der Waals surface area contributed by atoms with Crippen molar-refractivity contribution in [1.82, 2.24) is 10.2 Å². The molecule has 1 heterocycles. The Morgan fingerprint density at radius 1 is 1.12 bits per heavy atom. The van der Waals surface area contributed by atoms with Crippen LogP contribution in [0.25, 0.3) is 0 Å². The first-order chi connectivity index (χ1) is 11.7. The lowest BCUT2D eigenvalue weighted by atomic mass is 10.0. The zero-order chi connectivity index (χ0) is 18.5. The minimum Gasteiger partial charge on any atom is -0.488 e. The van der Waals surface area contributed by atoms with Gasteiger partial charge >= 0.3 is 0 Å². The predicted molar refractivity (Wildman–Crippen MR) is 107 cm³/mol. The van der Waals surface area contributed by atoms with Gasteiger partial charge in [0.25, 0.3) is 0 Å². The molecular weight excluding hydrogens is 334 g/mol. The van der Waals surface area contributed by atoms with Gasteiger partial charge in [0, 0.05) is 38.4 Å². The van der Waals surface area contributed by atoms with E-state index >= 15 is 0 Å². The molecule has 0 spiro atoms. The highest BCUT2D eigenvalue weighted by molar-refractivity contribution is 7.87. The average molecular weight is 368 g/mol. The number of piperazine rings is 1. The van der Waals surface area contributed by atoms with Gasteiger partial charge in [-0.05, 0) is 65.3 Å². The molecule has 2 N–H and O–H groups in total. The van der Waals surface area contributed by atoms with E-state index in [4.69, 9.17) is 4.74 Å². The molecule has 1 aliphatic heterocycles. The lowest BCUT2D eigenvalue weighted by Gasteiger charge is -2.32. The van der Waals surface area contributed by atoms with Crippen molar-refractivity contribution in [1.29, 1.82) is 0 Å². The van der Waals surface area contributed by atoms with Crippen LogP contribution in [0.1, 0.15) is 41.0 Å². The molecule has 2 rings (SSSR count). The maximum absolute atomic E-state index is 12.1. The van der Waals surface area contributed by atoms with Crippen LogP contribution in [0.15, 0.2) is 24.3 Å². The molecule has 0 aromatic heterocycles. The van der Waals surface area contributed by atoms with Crippen molar-refractivity contribution in [2.24, 2.45) is 0 Å². The largest absolute Gasteiger partial charge is 0.488 e. The summed E-state index contributed by atoms with van der Waals surface area (Å²) in [5.74, 6) is 0.845. The van der Waals surface area contributed by atoms with Gasteiger partial charge in [0.1, 0.15) is 22.3 Å². The van der Waals surface area contributed by atoms with Crippen LogP contribution in [-0.2, 0) is 11.0 Å². The van der Waals surface area contributed by atoms with Gasteiger partial charge in [-0.25, -0.2) is 4.21 Å².